The van der Waals surface area contributed by atoms with Crippen LogP contribution < -0.4 is 10.1 Å². The van der Waals surface area contributed by atoms with E-state index in [4.69, 9.17) is 21.1 Å². The van der Waals surface area contributed by atoms with Gasteiger partial charge in [0.1, 0.15) is 5.75 Å². The van der Waals surface area contributed by atoms with Crippen LogP contribution in [0.1, 0.15) is 5.56 Å². The van der Waals surface area contributed by atoms with Crippen LogP contribution in [0.5, 0.6) is 5.75 Å². The van der Waals surface area contributed by atoms with Crippen molar-refractivity contribution in [3.05, 3.63) is 65.2 Å². The lowest BCUT2D eigenvalue weighted by molar-refractivity contribution is -0.239. The minimum absolute atomic E-state index is 0. The largest absolute Gasteiger partial charge is 0.476 e. The molecule has 0 aromatic heterocycles. The van der Waals surface area contributed by atoms with E-state index in [9.17, 15) is 9.90 Å². The molecule has 7 heteroatoms. The maximum atomic E-state index is 12.1. The van der Waals surface area contributed by atoms with Crippen molar-refractivity contribution in [1.82, 2.24) is 5.32 Å². The number of carboxylic acid groups (broad SMARTS) is 1. The molecular formula is C17H17Cl2NO4. The van der Waals surface area contributed by atoms with Crippen molar-refractivity contribution in [2.75, 3.05) is 13.1 Å². The highest BCUT2D eigenvalue weighted by atomic mass is 35.5. The molecule has 24 heavy (non-hydrogen) atoms. The minimum atomic E-state index is -1.90. The Hall–Kier alpha value is -1.79. The highest BCUT2D eigenvalue weighted by molar-refractivity contribution is 6.30. The van der Waals surface area contributed by atoms with E-state index in [0.29, 0.717) is 29.4 Å². The average molecular weight is 370 g/mol. The fourth-order valence-corrected chi connectivity index (χ4v) is 2.40. The molecule has 1 saturated heterocycles. The van der Waals surface area contributed by atoms with Crippen LogP contribution in [0.3, 0.4) is 0 Å². The fraction of sp³-hybridized carbons (Fsp3) is 0.235. The summed E-state index contributed by atoms with van der Waals surface area (Å²) in [7, 11) is 0. The topological polar surface area (TPSA) is 67.8 Å². The zero-order valence-electron chi connectivity index (χ0n) is 12.6. The van der Waals surface area contributed by atoms with Gasteiger partial charge < -0.3 is 19.9 Å². The molecule has 0 saturated carbocycles. The van der Waals surface area contributed by atoms with Gasteiger partial charge in [-0.1, -0.05) is 41.9 Å². The number of benzene rings is 2. The number of nitrogens with one attached hydrogen (secondary N) is 1. The predicted molar refractivity (Wildman–Crippen MR) is 92.8 cm³/mol. The van der Waals surface area contributed by atoms with Gasteiger partial charge in [-0.2, -0.15) is 0 Å². The Morgan fingerprint density at radius 2 is 1.75 bits per heavy atom. The first-order valence-corrected chi connectivity index (χ1v) is 7.60. The van der Waals surface area contributed by atoms with E-state index < -0.39 is 11.8 Å². The Labute approximate surface area is 150 Å². The number of hydrogen-bond acceptors (Lipinski definition) is 4. The highest BCUT2D eigenvalue weighted by Crippen LogP contribution is 2.32. The van der Waals surface area contributed by atoms with Gasteiger partial charge in [-0.15, -0.1) is 12.4 Å². The third-order valence-corrected chi connectivity index (χ3v) is 3.84. The Balaban J connectivity index is 0.00000208. The van der Waals surface area contributed by atoms with Gasteiger partial charge in [0.05, 0.1) is 6.10 Å². The molecule has 1 heterocycles. The normalized spacial score (nSPS) is 16.4. The van der Waals surface area contributed by atoms with Crippen LogP contribution in [0, 0.1) is 0 Å². The molecule has 0 aliphatic carbocycles. The van der Waals surface area contributed by atoms with Crippen molar-refractivity contribution in [3.63, 3.8) is 0 Å². The van der Waals surface area contributed by atoms with Crippen molar-refractivity contribution in [1.29, 1.82) is 0 Å². The SMILES string of the molecule is Cl.O=C(O)C(Oc1ccc(Cl)cc1)(OC1CNC1)c1ccccc1. The van der Waals surface area contributed by atoms with Crippen molar-refractivity contribution in [3.8, 4) is 5.75 Å². The lowest BCUT2D eigenvalue weighted by Crippen LogP contribution is -2.56. The fourth-order valence-electron chi connectivity index (χ4n) is 2.27. The molecule has 0 bridgehead atoms. The second kappa shape index (κ2) is 7.85. The third kappa shape index (κ3) is 3.82. The number of aliphatic carboxylic acids is 1. The summed E-state index contributed by atoms with van der Waals surface area (Å²) in [5.41, 5.74) is 0.425. The van der Waals surface area contributed by atoms with Gasteiger partial charge in [0.25, 0.3) is 0 Å². The Morgan fingerprint density at radius 3 is 2.25 bits per heavy atom. The number of halogens is 2. The smallest absolute Gasteiger partial charge is 0.382 e. The van der Waals surface area contributed by atoms with E-state index in [1.54, 1.807) is 48.5 Å². The number of rotatable bonds is 6. The lowest BCUT2D eigenvalue weighted by atomic mass is 10.0. The second-order valence-electron chi connectivity index (χ2n) is 5.24. The van der Waals surface area contributed by atoms with E-state index in [1.165, 1.54) is 0 Å². The van der Waals surface area contributed by atoms with Crippen LogP contribution in [-0.4, -0.2) is 30.3 Å². The van der Waals surface area contributed by atoms with Gasteiger partial charge in [-0.05, 0) is 24.3 Å². The minimum Gasteiger partial charge on any atom is -0.476 e. The number of ether oxygens (including phenoxy) is 2. The van der Waals surface area contributed by atoms with E-state index in [0.717, 1.165) is 0 Å². The van der Waals surface area contributed by atoms with Gasteiger partial charge in [0.15, 0.2) is 0 Å². The number of carboxylic acids is 1. The van der Waals surface area contributed by atoms with Crippen LogP contribution in [0.4, 0.5) is 0 Å². The van der Waals surface area contributed by atoms with Crippen LogP contribution in [0.15, 0.2) is 54.6 Å². The molecule has 0 amide bonds. The van der Waals surface area contributed by atoms with Crippen molar-refractivity contribution in [2.45, 2.75) is 11.9 Å². The third-order valence-electron chi connectivity index (χ3n) is 3.59. The summed E-state index contributed by atoms with van der Waals surface area (Å²) in [5, 5.41) is 13.5. The predicted octanol–water partition coefficient (Wildman–Crippen LogP) is 3.07. The van der Waals surface area contributed by atoms with E-state index in [2.05, 4.69) is 5.32 Å². The molecular weight excluding hydrogens is 353 g/mol. The lowest BCUT2D eigenvalue weighted by Gasteiger charge is -2.37. The molecule has 2 aromatic rings. The standard InChI is InChI=1S/C17H16ClNO4.ClH/c18-13-6-8-14(9-7-13)22-17(16(20)21,23-15-10-19-11-15)12-4-2-1-3-5-12;/h1-9,15,19H,10-11H2,(H,20,21);1H. The first-order chi connectivity index (χ1) is 11.1. The molecule has 1 fully saturated rings. The van der Waals surface area contributed by atoms with Gasteiger partial charge in [-0.25, -0.2) is 4.79 Å². The highest BCUT2D eigenvalue weighted by Gasteiger charge is 2.47. The van der Waals surface area contributed by atoms with E-state index in [1.807, 2.05) is 6.07 Å². The Bertz CT molecular complexity index is 677. The van der Waals surface area contributed by atoms with Gasteiger partial charge in [0.2, 0.25) is 0 Å². The van der Waals surface area contributed by atoms with Crippen LogP contribution in [0.2, 0.25) is 5.02 Å². The summed E-state index contributed by atoms with van der Waals surface area (Å²) in [4.78, 5) is 12.1. The summed E-state index contributed by atoms with van der Waals surface area (Å²) >= 11 is 5.87. The molecule has 0 radical (unpaired) electrons. The monoisotopic (exact) mass is 369 g/mol. The summed E-state index contributed by atoms with van der Waals surface area (Å²) in [6.45, 7) is 1.18. The molecule has 1 atom stereocenters. The van der Waals surface area contributed by atoms with Crippen LogP contribution in [-0.2, 0) is 15.3 Å². The molecule has 2 aromatic carbocycles. The maximum Gasteiger partial charge on any atom is 0.382 e. The van der Waals surface area contributed by atoms with Crippen molar-refractivity contribution in [2.24, 2.45) is 0 Å². The van der Waals surface area contributed by atoms with Crippen molar-refractivity contribution >= 4 is 30.0 Å². The molecule has 1 unspecified atom stereocenters. The van der Waals surface area contributed by atoms with E-state index in [-0.39, 0.29) is 18.5 Å². The maximum absolute atomic E-state index is 12.1. The first-order valence-electron chi connectivity index (χ1n) is 7.22. The zero-order chi connectivity index (χ0) is 16.3. The molecule has 5 nitrogen and oxygen atoms in total. The summed E-state index contributed by atoms with van der Waals surface area (Å²) in [6.07, 6.45) is -0.224. The summed E-state index contributed by atoms with van der Waals surface area (Å²) in [5.74, 6) is -2.74. The number of carbonyl (C=O) groups is 1. The average Bonchev–Trinajstić information content (AvgIpc) is 2.52. The Kier molecular flexibility index (Phi) is 6.07. The molecule has 0 spiro atoms. The van der Waals surface area contributed by atoms with Crippen molar-refractivity contribution < 1.29 is 19.4 Å². The second-order valence-corrected chi connectivity index (χ2v) is 5.68. The van der Waals surface area contributed by atoms with E-state index >= 15 is 0 Å². The molecule has 1 aliphatic rings. The molecule has 3 rings (SSSR count). The summed E-state index contributed by atoms with van der Waals surface area (Å²) < 4.78 is 11.6. The summed E-state index contributed by atoms with van der Waals surface area (Å²) in [6, 6.07) is 15.2. The van der Waals surface area contributed by atoms with Gasteiger partial charge in [-0.3, -0.25) is 0 Å². The molecule has 128 valence electrons. The molecule has 1 aliphatic heterocycles. The van der Waals surface area contributed by atoms with Crippen LogP contribution >= 0.6 is 24.0 Å². The van der Waals surface area contributed by atoms with Crippen LogP contribution in [0.25, 0.3) is 0 Å². The van der Waals surface area contributed by atoms with Gasteiger partial charge >= 0.3 is 11.8 Å². The first kappa shape index (κ1) is 18.5. The molecule has 2 N–H and O–H groups in total. The Morgan fingerprint density at radius 1 is 1.12 bits per heavy atom. The quantitative estimate of drug-likeness (QED) is 0.765. The number of hydrogen-bond donors (Lipinski definition) is 2. The van der Waals surface area contributed by atoms with Gasteiger partial charge in [0, 0.05) is 23.7 Å². The zero-order valence-corrected chi connectivity index (χ0v) is 14.2.